The SMILES string of the molecule is COCCOCCOCCOCCNC(=O)CCOCC(COCCC(=O)NCCOCCOCCOCCOC)(COCCC(=O)NCCOCCOCCOCCOC)NC(=O)CCOCCOCCOCCOCCNC(=O)CCCC(=O)O. The lowest BCUT2D eigenvalue weighted by molar-refractivity contribution is -0.137. The number of methoxy groups -OCH3 is 3. The van der Waals surface area contributed by atoms with Crippen LogP contribution in [-0.4, -0.2) is 325 Å². The maximum atomic E-state index is 13.6. The molecule has 0 aliphatic rings. The fraction of sp³-hybridized carbons (Fsp3) is 0.893. The predicted octanol–water partition coefficient (Wildman–Crippen LogP) is -1.67. The van der Waals surface area contributed by atoms with Crippen LogP contribution in [0.1, 0.15) is 44.9 Å². The van der Waals surface area contributed by atoms with Crippen molar-refractivity contribution >= 4 is 35.5 Å². The lowest BCUT2D eigenvalue weighted by atomic mass is 10.0. The largest absolute Gasteiger partial charge is 0.481 e. The van der Waals surface area contributed by atoms with Crippen molar-refractivity contribution in [2.45, 2.75) is 50.5 Å². The molecule has 0 heterocycles. The molecule has 0 saturated heterocycles. The van der Waals surface area contributed by atoms with Crippen molar-refractivity contribution in [2.24, 2.45) is 0 Å². The maximum absolute atomic E-state index is 13.6. The van der Waals surface area contributed by atoms with Gasteiger partial charge in [-0.25, -0.2) is 0 Å². The first-order valence-electron chi connectivity index (χ1n) is 29.9. The molecule has 0 radical (unpaired) electrons. The van der Waals surface area contributed by atoms with Crippen LogP contribution in [0.3, 0.4) is 0 Å². The van der Waals surface area contributed by atoms with Crippen molar-refractivity contribution in [2.75, 3.05) is 279 Å². The van der Waals surface area contributed by atoms with Crippen LogP contribution in [-0.2, 0) is 119 Å². The number of amides is 5. The zero-order valence-electron chi connectivity index (χ0n) is 52.2. The second kappa shape index (κ2) is 66.5. The number of nitrogens with one attached hydrogen (secondary N) is 5. The van der Waals surface area contributed by atoms with Crippen molar-refractivity contribution in [1.82, 2.24) is 26.6 Å². The van der Waals surface area contributed by atoms with E-state index in [-0.39, 0.29) is 181 Å². The van der Waals surface area contributed by atoms with E-state index in [9.17, 15) is 28.8 Å². The minimum Gasteiger partial charge on any atom is -0.481 e. The van der Waals surface area contributed by atoms with Gasteiger partial charge in [0.25, 0.3) is 0 Å². The smallest absolute Gasteiger partial charge is 0.303 e. The van der Waals surface area contributed by atoms with Crippen LogP contribution < -0.4 is 26.6 Å². The number of carbonyl (C=O) groups is 6. The summed E-state index contributed by atoms with van der Waals surface area (Å²) in [6.07, 6.45) is 0.242. The molecule has 0 aliphatic carbocycles. The Bertz CT molecular complexity index is 1480. The first-order valence-corrected chi connectivity index (χ1v) is 29.9. The second-order valence-corrected chi connectivity index (χ2v) is 18.6. The third kappa shape index (κ3) is 63.4. The summed E-state index contributed by atoms with van der Waals surface area (Å²) in [4.78, 5) is 74.2. The third-order valence-corrected chi connectivity index (χ3v) is 11.1. The van der Waals surface area contributed by atoms with Crippen molar-refractivity contribution in [3.8, 4) is 0 Å². The zero-order valence-corrected chi connectivity index (χ0v) is 52.2. The molecule has 5 amide bonds. The van der Waals surface area contributed by atoms with Gasteiger partial charge >= 0.3 is 5.97 Å². The minimum absolute atomic E-state index is 0.0143. The number of aliphatic carboxylic acids is 1. The highest BCUT2D eigenvalue weighted by atomic mass is 16.6. The molecule has 0 aromatic carbocycles. The van der Waals surface area contributed by atoms with E-state index in [0.29, 0.717) is 145 Å². The molecule has 31 nitrogen and oxygen atoms in total. The Morgan fingerprint density at radius 2 is 0.483 bits per heavy atom. The predicted molar refractivity (Wildman–Crippen MR) is 312 cm³/mol. The van der Waals surface area contributed by atoms with Gasteiger partial charge in [0.05, 0.1) is 231 Å². The van der Waals surface area contributed by atoms with Crippen LogP contribution in [0.15, 0.2) is 0 Å². The molecule has 0 atom stereocenters. The zero-order chi connectivity index (χ0) is 63.5. The molecule has 0 unspecified atom stereocenters. The quantitative estimate of drug-likeness (QED) is 0.0371. The molecule has 0 bridgehead atoms. The van der Waals surface area contributed by atoms with Crippen molar-refractivity contribution in [3.05, 3.63) is 0 Å². The molecule has 0 rings (SSSR count). The summed E-state index contributed by atoms with van der Waals surface area (Å²) in [5, 5.41) is 22.7. The van der Waals surface area contributed by atoms with E-state index in [0.717, 1.165) is 0 Å². The van der Waals surface area contributed by atoms with E-state index in [1.807, 2.05) is 0 Å². The van der Waals surface area contributed by atoms with Gasteiger partial charge in [-0.2, -0.15) is 0 Å². The second-order valence-electron chi connectivity index (χ2n) is 18.6. The van der Waals surface area contributed by atoms with Gasteiger partial charge in [0.2, 0.25) is 29.5 Å². The Kier molecular flexibility index (Phi) is 63.5. The summed E-state index contributed by atoms with van der Waals surface area (Å²) >= 11 is 0. The Morgan fingerprint density at radius 1 is 0.264 bits per heavy atom. The first-order chi connectivity index (χ1) is 42.6. The fourth-order valence-corrected chi connectivity index (χ4v) is 6.67. The lowest BCUT2D eigenvalue weighted by Crippen LogP contribution is -2.59. The topological polar surface area (TPSA) is 358 Å². The maximum Gasteiger partial charge on any atom is 0.303 e. The summed E-state index contributed by atoms with van der Waals surface area (Å²) in [6, 6.07) is 0. The summed E-state index contributed by atoms with van der Waals surface area (Å²) in [5.41, 5.74) is -1.35. The van der Waals surface area contributed by atoms with Crippen molar-refractivity contribution in [1.29, 1.82) is 0 Å². The summed E-state index contributed by atoms with van der Waals surface area (Å²) in [6.45, 7) is 11.0. The van der Waals surface area contributed by atoms with Gasteiger partial charge in [-0.15, -0.1) is 0 Å². The first kappa shape index (κ1) is 83.1. The summed E-state index contributed by atoms with van der Waals surface area (Å²) in [7, 11) is 4.81. The molecule has 87 heavy (non-hydrogen) atoms. The Hall–Kier alpha value is -3.94. The molecule has 512 valence electrons. The Balaban J connectivity index is 5.36. The molecule has 6 N–H and O–H groups in total. The highest BCUT2D eigenvalue weighted by Crippen LogP contribution is 2.12. The minimum atomic E-state index is -1.35. The number of hydrogen-bond donors (Lipinski definition) is 6. The summed E-state index contributed by atoms with van der Waals surface area (Å²) in [5.74, 6) is -2.47. The van der Waals surface area contributed by atoms with E-state index < -0.39 is 17.4 Å². The molecule has 0 saturated carbocycles. The van der Waals surface area contributed by atoms with E-state index in [2.05, 4.69) is 26.6 Å². The number of hydrogen-bond acceptors (Lipinski definition) is 25. The van der Waals surface area contributed by atoms with Crippen LogP contribution in [0.25, 0.3) is 0 Å². The molecular formula is C56H107N5O26. The van der Waals surface area contributed by atoms with Crippen molar-refractivity contribution < 1.29 is 124 Å². The number of rotatable bonds is 71. The highest BCUT2D eigenvalue weighted by Gasteiger charge is 2.34. The molecule has 0 aromatic heterocycles. The van der Waals surface area contributed by atoms with Crippen LogP contribution in [0.4, 0.5) is 0 Å². The van der Waals surface area contributed by atoms with Gasteiger partial charge < -0.3 is 122 Å². The average molecular weight is 1270 g/mol. The molecule has 0 spiro atoms. The Morgan fingerprint density at radius 3 is 0.747 bits per heavy atom. The van der Waals surface area contributed by atoms with Gasteiger partial charge in [-0.05, 0) is 6.42 Å². The van der Waals surface area contributed by atoms with Crippen molar-refractivity contribution in [3.63, 3.8) is 0 Å². The van der Waals surface area contributed by atoms with E-state index in [4.69, 9.17) is 95.1 Å². The molecule has 31 heteroatoms. The van der Waals surface area contributed by atoms with E-state index >= 15 is 0 Å². The average Bonchev–Trinajstić information content (AvgIpc) is 3.37. The monoisotopic (exact) mass is 1270 g/mol. The van der Waals surface area contributed by atoms with Crippen LogP contribution in [0, 0.1) is 0 Å². The van der Waals surface area contributed by atoms with Crippen LogP contribution in [0.2, 0.25) is 0 Å². The van der Waals surface area contributed by atoms with E-state index in [1.165, 1.54) is 0 Å². The molecule has 0 aromatic rings. The Labute approximate surface area is 513 Å². The van der Waals surface area contributed by atoms with Gasteiger partial charge in [-0.3, -0.25) is 28.8 Å². The van der Waals surface area contributed by atoms with E-state index in [1.54, 1.807) is 21.3 Å². The van der Waals surface area contributed by atoms with Gasteiger partial charge in [0.15, 0.2) is 0 Å². The lowest BCUT2D eigenvalue weighted by Gasteiger charge is -2.34. The highest BCUT2D eigenvalue weighted by molar-refractivity contribution is 5.78. The van der Waals surface area contributed by atoms with Gasteiger partial charge in [0.1, 0.15) is 5.54 Å². The molecule has 0 aliphatic heterocycles. The van der Waals surface area contributed by atoms with Crippen LogP contribution in [0.5, 0.6) is 0 Å². The standard InChI is InChI=1S/C56H107N5O26/c1-69-23-26-77-39-42-81-35-31-74-20-12-58-51(63)7-16-85-47-56(48-86-17-8-52(64)59-13-21-75-32-36-82-43-40-78-27-24-70-2,49-87-18-9-53(65)60-14-22-76-33-37-83-44-41-79-28-25-71-3)61-54(66)10-15-72-29-34-80-45-46-84-38-30-73-19-11-57-50(62)5-4-6-55(67)68/h4-49H2,1-3H3,(H,57,62)(H,58,63)(H,59,64)(H,60,65)(H,61,66)(H,67,68). The number of ether oxygens (including phenoxy) is 19. The number of carboxylic acids is 1. The number of carbonyl (C=O) groups excluding carboxylic acids is 5. The molecular weight excluding hydrogens is 1160 g/mol. The number of carboxylic acid groups (broad SMARTS) is 1. The molecule has 0 fully saturated rings. The van der Waals surface area contributed by atoms with Gasteiger partial charge in [0, 0.05) is 86.0 Å². The normalized spacial score (nSPS) is 11.5. The third-order valence-electron chi connectivity index (χ3n) is 11.1. The fourth-order valence-electron chi connectivity index (χ4n) is 6.67. The summed E-state index contributed by atoms with van der Waals surface area (Å²) < 4.78 is 104. The van der Waals surface area contributed by atoms with Gasteiger partial charge in [-0.1, -0.05) is 0 Å². The van der Waals surface area contributed by atoms with Crippen LogP contribution >= 0.6 is 0 Å².